The third kappa shape index (κ3) is 2.38. The zero-order valence-corrected chi connectivity index (χ0v) is 8.91. The Labute approximate surface area is 90.5 Å². The number of rotatable bonds is 2. The number of Topliss-reactive ketones (excluding diaryl/α,β-unsaturated/α-hetero) is 1. The molecule has 0 spiro atoms. The van der Waals surface area contributed by atoms with Gasteiger partial charge in [0.2, 0.25) is 0 Å². The molecule has 0 radical (unpaired) electrons. The quantitative estimate of drug-likeness (QED) is 0.593. The Balaban J connectivity index is 2.12. The van der Waals surface area contributed by atoms with Crippen LogP contribution in [0.2, 0.25) is 0 Å². The van der Waals surface area contributed by atoms with Crippen LogP contribution in [0.15, 0.2) is 24.3 Å². The lowest BCUT2D eigenvalue weighted by Gasteiger charge is -2.20. The maximum absolute atomic E-state index is 12.1. The molecule has 0 heterocycles. The molecule has 0 aliphatic heterocycles. The SMILES string of the molecule is Nc1cccc(C(=O)C2CCCCC2)c1. The van der Waals surface area contributed by atoms with Crippen LogP contribution in [0.5, 0.6) is 0 Å². The molecule has 0 saturated heterocycles. The Morgan fingerprint density at radius 1 is 1.20 bits per heavy atom. The van der Waals surface area contributed by atoms with Crippen molar-refractivity contribution in [2.45, 2.75) is 32.1 Å². The summed E-state index contributed by atoms with van der Waals surface area (Å²) in [6.07, 6.45) is 5.76. The molecular formula is C13H17NO. The molecule has 1 fully saturated rings. The summed E-state index contributed by atoms with van der Waals surface area (Å²) in [5, 5.41) is 0. The highest BCUT2D eigenvalue weighted by Crippen LogP contribution is 2.27. The highest BCUT2D eigenvalue weighted by molar-refractivity contribution is 5.98. The maximum Gasteiger partial charge on any atom is 0.166 e. The van der Waals surface area contributed by atoms with Gasteiger partial charge in [0.25, 0.3) is 0 Å². The molecule has 0 bridgehead atoms. The Bertz CT molecular complexity index is 353. The molecule has 80 valence electrons. The van der Waals surface area contributed by atoms with Gasteiger partial charge in [0.1, 0.15) is 0 Å². The van der Waals surface area contributed by atoms with E-state index in [-0.39, 0.29) is 11.7 Å². The van der Waals surface area contributed by atoms with Gasteiger partial charge in [0, 0.05) is 17.2 Å². The molecule has 1 aromatic rings. The summed E-state index contributed by atoms with van der Waals surface area (Å²) in [5.41, 5.74) is 7.13. The monoisotopic (exact) mass is 203 g/mol. The molecule has 1 saturated carbocycles. The van der Waals surface area contributed by atoms with Gasteiger partial charge in [-0.3, -0.25) is 4.79 Å². The van der Waals surface area contributed by atoms with Crippen LogP contribution in [0.3, 0.4) is 0 Å². The van der Waals surface area contributed by atoms with Gasteiger partial charge in [-0.2, -0.15) is 0 Å². The number of carbonyl (C=O) groups is 1. The number of hydrogen-bond donors (Lipinski definition) is 1. The lowest BCUT2D eigenvalue weighted by Crippen LogP contribution is -2.17. The minimum Gasteiger partial charge on any atom is -0.399 e. The van der Waals surface area contributed by atoms with Crippen molar-refractivity contribution in [2.24, 2.45) is 5.92 Å². The van der Waals surface area contributed by atoms with Crippen LogP contribution < -0.4 is 5.73 Å². The fraction of sp³-hybridized carbons (Fsp3) is 0.462. The van der Waals surface area contributed by atoms with E-state index in [1.807, 2.05) is 18.2 Å². The second-order valence-corrected chi connectivity index (χ2v) is 4.32. The van der Waals surface area contributed by atoms with Crippen molar-refractivity contribution >= 4 is 11.5 Å². The summed E-state index contributed by atoms with van der Waals surface area (Å²) in [6, 6.07) is 7.33. The third-order valence-corrected chi connectivity index (χ3v) is 3.15. The van der Waals surface area contributed by atoms with E-state index >= 15 is 0 Å². The predicted molar refractivity (Wildman–Crippen MR) is 61.8 cm³/mol. The number of anilines is 1. The lowest BCUT2D eigenvalue weighted by atomic mass is 9.84. The standard InChI is InChI=1S/C13H17NO/c14-12-8-4-7-11(9-12)13(15)10-5-2-1-3-6-10/h4,7-10H,1-3,5-6,14H2. The molecule has 15 heavy (non-hydrogen) atoms. The first kappa shape index (κ1) is 10.2. The zero-order chi connectivity index (χ0) is 10.7. The van der Waals surface area contributed by atoms with E-state index in [0.717, 1.165) is 18.4 Å². The summed E-state index contributed by atoms with van der Waals surface area (Å²) in [5.74, 6) is 0.516. The van der Waals surface area contributed by atoms with Crippen LogP contribution in [0, 0.1) is 5.92 Å². The van der Waals surface area contributed by atoms with Crippen molar-refractivity contribution in [1.82, 2.24) is 0 Å². The number of hydrogen-bond acceptors (Lipinski definition) is 2. The van der Waals surface area contributed by atoms with Crippen LogP contribution >= 0.6 is 0 Å². The van der Waals surface area contributed by atoms with Gasteiger partial charge < -0.3 is 5.73 Å². The summed E-state index contributed by atoms with van der Waals surface area (Å²) < 4.78 is 0. The highest BCUT2D eigenvalue weighted by Gasteiger charge is 2.22. The molecule has 2 rings (SSSR count). The Morgan fingerprint density at radius 3 is 2.60 bits per heavy atom. The number of benzene rings is 1. The topological polar surface area (TPSA) is 43.1 Å². The number of nitrogen functional groups attached to an aromatic ring is 1. The molecule has 0 aromatic heterocycles. The minimum atomic E-state index is 0.237. The van der Waals surface area contributed by atoms with Gasteiger partial charge >= 0.3 is 0 Å². The first-order valence-corrected chi connectivity index (χ1v) is 5.67. The van der Waals surface area contributed by atoms with E-state index in [1.54, 1.807) is 6.07 Å². The second-order valence-electron chi connectivity index (χ2n) is 4.32. The van der Waals surface area contributed by atoms with Gasteiger partial charge in [-0.05, 0) is 25.0 Å². The van der Waals surface area contributed by atoms with Gasteiger partial charge in [0.05, 0.1) is 0 Å². The van der Waals surface area contributed by atoms with E-state index in [2.05, 4.69) is 0 Å². The summed E-state index contributed by atoms with van der Waals surface area (Å²) >= 11 is 0. The molecular weight excluding hydrogens is 186 g/mol. The first-order valence-electron chi connectivity index (χ1n) is 5.67. The van der Waals surface area contributed by atoms with Crippen LogP contribution in [0.1, 0.15) is 42.5 Å². The lowest BCUT2D eigenvalue weighted by molar-refractivity contribution is 0.0889. The fourth-order valence-corrected chi connectivity index (χ4v) is 2.29. The summed E-state index contributed by atoms with van der Waals surface area (Å²) in [7, 11) is 0. The van der Waals surface area contributed by atoms with Gasteiger partial charge in [-0.15, -0.1) is 0 Å². The molecule has 2 nitrogen and oxygen atoms in total. The number of nitrogens with two attached hydrogens (primary N) is 1. The highest BCUT2D eigenvalue weighted by atomic mass is 16.1. The smallest absolute Gasteiger partial charge is 0.166 e. The van der Waals surface area contributed by atoms with Crippen LogP contribution in [0.4, 0.5) is 5.69 Å². The maximum atomic E-state index is 12.1. The van der Waals surface area contributed by atoms with E-state index in [4.69, 9.17) is 5.73 Å². The van der Waals surface area contributed by atoms with Crippen LogP contribution in [-0.2, 0) is 0 Å². The van der Waals surface area contributed by atoms with Gasteiger partial charge in [0.15, 0.2) is 5.78 Å². The average molecular weight is 203 g/mol. The largest absolute Gasteiger partial charge is 0.399 e. The molecule has 1 aliphatic rings. The number of ketones is 1. The average Bonchev–Trinajstić information content (AvgIpc) is 2.29. The van der Waals surface area contributed by atoms with E-state index in [1.165, 1.54) is 19.3 Å². The van der Waals surface area contributed by atoms with Gasteiger partial charge in [-0.1, -0.05) is 31.4 Å². The minimum absolute atomic E-state index is 0.237. The first-order chi connectivity index (χ1) is 7.27. The van der Waals surface area contributed by atoms with Crippen molar-refractivity contribution < 1.29 is 4.79 Å². The normalized spacial score (nSPS) is 17.6. The van der Waals surface area contributed by atoms with Crippen molar-refractivity contribution in [3.05, 3.63) is 29.8 Å². The van der Waals surface area contributed by atoms with E-state index < -0.39 is 0 Å². The fourth-order valence-electron chi connectivity index (χ4n) is 2.29. The molecule has 0 unspecified atom stereocenters. The van der Waals surface area contributed by atoms with Crippen LogP contribution in [0.25, 0.3) is 0 Å². The Kier molecular flexibility index (Phi) is 3.05. The second kappa shape index (κ2) is 4.47. The number of carbonyl (C=O) groups excluding carboxylic acids is 1. The van der Waals surface area contributed by atoms with Crippen molar-refractivity contribution in [2.75, 3.05) is 5.73 Å². The Morgan fingerprint density at radius 2 is 1.93 bits per heavy atom. The van der Waals surface area contributed by atoms with Crippen molar-refractivity contribution in [3.8, 4) is 0 Å². The summed E-state index contributed by atoms with van der Waals surface area (Å²) in [4.78, 5) is 12.1. The molecule has 1 aliphatic carbocycles. The van der Waals surface area contributed by atoms with Crippen molar-refractivity contribution in [3.63, 3.8) is 0 Å². The molecule has 2 heteroatoms. The van der Waals surface area contributed by atoms with Crippen molar-refractivity contribution in [1.29, 1.82) is 0 Å². The summed E-state index contributed by atoms with van der Waals surface area (Å²) in [6.45, 7) is 0. The molecule has 0 atom stereocenters. The zero-order valence-electron chi connectivity index (χ0n) is 8.91. The predicted octanol–water partition coefficient (Wildman–Crippen LogP) is 3.03. The molecule has 1 aromatic carbocycles. The third-order valence-electron chi connectivity index (χ3n) is 3.15. The van der Waals surface area contributed by atoms with Gasteiger partial charge in [-0.25, -0.2) is 0 Å². The van der Waals surface area contributed by atoms with E-state index in [9.17, 15) is 4.79 Å². The van der Waals surface area contributed by atoms with Crippen LogP contribution in [-0.4, -0.2) is 5.78 Å². The van der Waals surface area contributed by atoms with E-state index in [0.29, 0.717) is 5.69 Å². The molecule has 0 amide bonds. The molecule has 2 N–H and O–H groups in total. The Hall–Kier alpha value is -1.31.